The molecule has 0 unspecified atom stereocenters. The maximum Gasteiger partial charge on any atom is 0.251 e. The Morgan fingerprint density at radius 3 is 2.63 bits per heavy atom. The van der Waals surface area contributed by atoms with Gasteiger partial charge in [0.15, 0.2) is 0 Å². The minimum atomic E-state index is -0.0909. The Morgan fingerprint density at radius 1 is 1.15 bits per heavy atom. The van der Waals surface area contributed by atoms with Crippen molar-refractivity contribution in [1.29, 1.82) is 0 Å². The molecule has 0 radical (unpaired) electrons. The molecule has 2 heterocycles. The number of fused-ring (bicyclic) bond motifs is 1. The van der Waals surface area contributed by atoms with Crippen LogP contribution in [0.3, 0.4) is 0 Å². The lowest BCUT2D eigenvalue weighted by Gasteiger charge is -2.27. The quantitative estimate of drug-likeness (QED) is 0.773. The first-order valence-electron chi connectivity index (χ1n) is 9.28. The first kappa shape index (κ1) is 17.5. The lowest BCUT2D eigenvalue weighted by molar-refractivity contribution is 0.0940. The number of hydrogen-bond donors (Lipinski definition) is 1. The summed E-state index contributed by atoms with van der Waals surface area (Å²) in [5.41, 5.74) is 3.56. The van der Waals surface area contributed by atoms with Crippen LogP contribution in [0.15, 0.2) is 48.5 Å². The molecule has 4 rings (SSSR count). The van der Waals surface area contributed by atoms with E-state index in [1.54, 1.807) is 0 Å². The van der Waals surface area contributed by atoms with Crippen molar-refractivity contribution in [2.45, 2.75) is 13.0 Å². The van der Waals surface area contributed by atoms with Crippen molar-refractivity contribution in [2.75, 3.05) is 31.2 Å². The van der Waals surface area contributed by atoms with Gasteiger partial charge < -0.3 is 19.5 Å². The second-order valence-corrected chi connectivity index (χ2v) is 6.88. The fourth-order valence-electron chi connectivity index (χ4n) is 3.48. The highest BCUT2D eigenvalue weighted by Gasteiger charge is 2.19. The van der Waals surface area contributed by atoms with E-state index in [4.69, 9.17) is 9.72 Å². The van der Waals surface area contributed by atoms with Gasteiger partial charge in [-0.15, -0.1) is 0 Å². The van der Waals surface area contributed by atoms with E-state index >= 15 is 0 Å². The van der Waals surface area contributed by atoms with E-state index in [1.165, 1.54) is 0 Å². The Balaban J connectivity index is 1.56. The maximum atomic E-state index is 12.7. The van der Waals surface area contributed by atoms with Gasteiger partial charge in [-0.1, -0.05) is 30.3 Å². The highest BCUT2D eigenvalue weighted by Crippen LogP contribution is 2.23. The zero-order valence-electron chi connectivity index (χ0n) is 15.7. The SMILES string of the molecule is C[C@@H](NC(=O)c1ccc2c(c1)nc(N1CCOCC1)n2C)c1ccccc1. The number of aryl methyl sites for hydroxylation is 1. The Hall–Kier alpha value is -2.86. The first-order valence-corrected chi connectivity index (χ1v) is 9.28. The minimum absolute atomic E-state index is 0.0537. The molecule has 0 spiro atoms. The molecule has 140 valence electrons. The van der Waals surface area contributed by atoms with E-state index in [0.717, 1.165) is 35.6 Å². The third-order valence-electron chi connectivity index (χ3n) is 5.06. The van der Waals surface area contributed by atoms with Crippen molar-refractivity contribution >= 4 is 22.9 Å². The molecule has 1 aromatic heterocycles. The Bertz CT molecular complexity index is 945. The Labute approximate surface area is 158 Å². The van der Waals surface area contributed by atoms with Gasteiger partial charge in [-0.2, -0.15) is 0 Å². The molecule has 1 atom stereocenters. The number of benzene rings is 2. The largest absolute Gasteiger partial charge is 0.378 e. The maximum absolute atomic E-state index is 12.7. The van der Waals surface area contributed by atoms with Crippen LogP contribution < -0.4 is 10.2 Å². The summed E-state index contributed by atoms with van der Waals surface area (Å²) in [5, 5.41) is 3.06. The molecule has 2 aromatic carbocycles. The number of anilines is 1. The van der Waals surface area contributed by atoms with Crippen LogP contribution in [0.2, 0.25) is 0 Å². The molecule has 1 fully saturated rings. The lowest BCUT2D eigenvalue weighted by atomic mass is 10.1. The van der Waals surface area contributed by atoms with E-state index < -0.39 is 0 Å². The van der Waals surface area contributed by atoms with Gasteiger partial charge in [-0.3, -0.25) is 4.79 Å². The standard InChI is InChI=1S/C21H24N4O2/c1-15(16-6-4-3-5-7-16)22-20(26)17-8-9-19-18(14-17)23-21(24(19)2)25-10-12-27-13-11-25/h3-9,14-15H,10-13H2,1-2H3,(H,22,26)/t15-/m1/s1. The van der Waals surface area contributed by atoms with Crippen molar-refractivity contribution in [3.8, 4) is 0 Å². The monoisotopic (exact) mass is 364 g/mol. The van der Waals surface area contributed by atoms with Gasteiger partial charge in [0.25, 0.3) is 5.91 Å². The molecular formula is C21H24N4O2. The molecule has 27 heavy (non-hydrogen) atoms. The summed E-state index contributed by atoms with van der Waals surface area (Å²) in [6.45, 7) is 5.09. The third-order valence-corrected chi connectivity index (χ3v) is 5.06. The van der Waals surface area contributed by atoms with Crippen LogP contribution in [-0.2, 0) is 11.8 Å². The Morgan fingerprint density at radius 2 is 1.89 bits per heavy atom. The number of carbonyl (C=O) groups excluding carboxylic acids is 1. The lowest BCUT2D eigenvalue weighted by Crippen LogP contribution is -2.37. The summed E-state index contributed by atoms with van der Waals surface area (Å²) in [7, 11) is 2.01. The van der Waals surface area contributed by atoms with E-state index in [-0.39, 0.29) is 11.9 Å². The zero-order valence-corrected chi connectivity index (χ0v) is 15.7. The number of imidazole rings is 1. The molecule has 0 saturated carbocycles. The van der Waals surface area contributed by atoms with Crippen molar-refractivity contribution in [3.05, 3.63) is 59.7 Å². The molecule has 0 aliphatic carbocycles. The number of ether oxygens (including phenoxy) is 1. The van der Waals surface area contributed by atoms with Crippen LogP contribution >= 0.6 is 0 Å². The fourth-order valence-corrected chi connectivity index (χ4v) is 3.48. The average molecular weight is 364 g/mol. The number of rotatable bonds is 4. The van der Waals surface area contributed by atoms with Gasteiger partial charge >= 0.3 is 0 Å². The number of carbonyl (C=O) groups is 1. The number of morpholine rings is 1. The molecule has 3 aromatic rings. The summed E-state index contributed by atoms with van der Waals surface area (Å²) in [6.07, 6.45) is 0. The van der Waals surface area contributed by atoms with E-state index in [9.17, 15) is 4.79 Å². The fraction of sp³-hybridized carbons (Fsp3) is 0.333. The van der Waals surface area contributed by atoms with E-state index in [2.05, 4.69) is 14.8 Å². The number of hydrogen-bond acceptors (Lipinski definition) is 4. The van der Waals surface area contributed by atoms with Crippen molar-refractivity contribution in [1.82, 2.24) is 14.9 Å². The van der Waals surface area contributed by atoms with Crippen molar-refractivity contribution in [2.24, 2.45) is 7.05 Å². The topological polar surface area (TPSA) is 59.4 Å². The van der Waals surface area contributed by atoms with E-state index in [0.29, 0.717) is 18.8 Å². The zero-order chi connectivity index (χ0) is 18.8. The van der Waals surface area contributed by atoms with Gasteiger partial charge in [0.2, 0.25) is 5.95 Å². The van der Waals surface area contributed by atoms with Crippen LogP contribution in [-0.4, -0.2) is 41.8 Å². The summed E-state index contributed by atoms with van der Waals surface area (Å²) in [4.78, 5) is 19.7. The van der Waals surface area contributed by atoms with Crippen molar-refractivity contribution in [3.63, 3.8) is 0 Å². The molecule has 1 aliphatic heterocycles. The third kappa shape index (κ3) is 3.53. The molecule has 1 amide bonds. The summed E-state index contributed by atoms with van der Waals surface area (Å²) in [5.74, 6) is 0.829. The van der Waals surface area contributed by atoms with Gasteiger partial charge in [0.1, 0.15) is 0 Å². The van der Waals surface area contributed by atoms with Crippen LogP contribution in [0.1, 0.15) is 28.9 Å². The predicted octanol–water partition coefficient (Wildman–Crippen LogP) is 2.90. The number of nitrogens with zero attached hydrogens (tertiary/aromatic N) is 3. The predicted molar refractivity (Wildman–Crippen MR) is 106 cm³/mol. The average Bonchev–Trinajstić information content (AvgIpc) is 3.05. The normalized spacial score (nSPS) is 15.7. The van der Waals surface area contributed by atoms with Crippen molar-refractivity contribution < 1.29 is 9.53 Å². The molecule has 1 N–H and O–H groups in total. The molecule has 0 bridgehead atoms. The van der Waals surface area contributed by atoms with Gasteiger partial charge in [0.05, 0.1) is 30.3 Å². The second kappa shape index (κ2) is 7.40. The van der Waals surface area contributed by atoms with E-state index in [1.807, 2.05) is 62.5 Å². The summed E-state index contributed by atoms with van der Waals surface area (Å²) >= 11 is 0. The highest BCUT2D eigenvalue weighted by atomic mass is 16.5. The molecule has 1 saturated heterocycles. The second-order valence-electron chi connectivity index (χ2n) is 6.88. The van der Waals surface area contributed by atoms with Gasteiger partial charge in [-0.05, 0) is 30.7 Å². The summed E-state index contributed by atoms with van der Waals surface area (Å²) < 4.78 is 7.51. The van der Waals surface area contributed by atoms with Crippen LogP contribution in [0.25, 0.3) is 11.0 Å². The number of aromatic nitrogens is 2. The molecule has 6 nitrogen and oxygen atoms in total. The first-order chi connectivity index (χ1) is 13.1. The van der Waals surface area contributed by atoms with Crippen LogP contribution in [0, 0.1) is 0 Å². The number of amides is 1. The van der Waals surface area contributed by atoms with Gasteiger partial charge in [-0.25, -0.2) is 4.98 Å². The molecule has 6 heteroatoms. The summed E-state index contributed by atoms with van der Waals surface area (Å²) in [6, 6.07) is 15.6. The molecular weight excluding hydrogens is 340 g/mol. The highest BCUT2D eigenvalue weighted by molar-refractivity contribution is 5.98. The van der Waals surface area contributed by atoms with Gasteiger partial charge in [0, 0.05) is 25.7 Å². The smallest absolute Gasteiger partial charge is 0.251 e. The Kier molecular flexibility index (Phi) is 4.81. The molecule has 1 aliphatic rings. The number of nitrogens with one attached hydrogen (secondary N) is 1. The van der Waals surface area contributed by atoms with Crippen LogP contribution in [0.5, 0.6) is 0 Å². The minimum Gasteiger partial charge on any atom is -0.378 e. The van der Waals surface area contributed by atoms with Crippen LogP contribution in [0.4, 0.5) is 5.95 Å².